The summed E-state index contributed by atoms with van der Waals surface area (Å²) in [6, 6.07) is 2.24. The number of hydrogen-bond acceptors (Lipinski definition) is 1. The van der Waals surface area contributed by atoms with Gasteiger partial charge in [0, 0.05) is 4.88 Å². The van der Waals surface area contributed by atoms with Crippen molar-refractivity contribution in [2.45, 2.75) is 19.3 Å². The monoisotopic (exact) mass is 124 g/mol. The standard InChI is InChI=1S/C7H8S/c1-5-4-7-6(5)2-3-8-7/h2-3,5H,4H2,1H3. The van der Waals surface area contributed by atoms with Crippen molar-refractivity contribution in [1.29, 1.82) is 0 Å². The van der Waals surface area contributed by atoms with Gasteiger partial charge in [0.1, 0.15) is 0 Å². The van der Waals surface area contributed by atoms with E-state index in [-0.39, 0.29) is 0 Å². The van der Waals surface area contributed by atoms with Crippen LogP contribution in [0.2, 0.25) is 0 Å². The minimum Gasteiger partial charge on any atom is -0.149 e. The first-order chi connectivity index (χ1) is 3.88. The highest BCUT2D eigenvalue weighted by molar-refractivity contribution is 7.10. The molecule has 1 unspecified atom stereocenters. The molecule has 1 atom stereocenters. The van der Waals surface area contributed by atoms with Gasteiger partial charge in [0.05, 0.1) is 0 Å². The van der Waals surface area contributed by atoms with Crippen LogP contribution in [-0.4, -0.2) is 0 Å². The molecule has 1 aliphatic carbocycles. The first kappa shape index (κ1) is 4.57. The Kier molecular flexibility index (Phi) is 0.770. The van der Waals surface area contributed by atoms with E-state index in [9.17, 15) is 0 Å². The zero-order valence-electron chi connectivity index (χ0n) is 4.85. The summed E-state index contributed by atoms with van der Waals surface area (Å²) in [5, 5.41) is 2.19. The van der Waals surface area contributed by atoms with Crippen LogP contribution in [-0.2, 0) is 6.42 Å². The molecular formula is C7H8S. The Morgan fingerprint density at radius 1 is 1.75 bits per heavy atom. The first-order valence-corrected chi connectivity index (χ1v) is 3.82. The predicted octanol–water partition coefficient (Wildman–Crippen LogP) is 2.41. The number of fused-ring (bicyclic) bond motifs is 1. The lowest BCUT2D eigenvalue weighted by Gasteiger charge is -2.21. The Morgan fingerprint density at radius 2 is 2.62 bits per heavy atom. The molecule has 0 saturated carbocycles. The van der Waals surface area contributed by atoms with Crippen molar-refractivity contribution in [3.8, 4) is 0 Å². The Morgan fingerprint density at radius 3 is 3.12 bits per heavy atom. The molecule has 1 aromatic rings. The quantitative estimate of drug-likeness (QED) is 0.498. The molecule has 42 valence electrons. The molecular weight excluding hydrogens is 116 g/mol. The van der Waals surface area contributed by atoms with Crippen LogP contribution in [0.5, 0.6) is 0 Å². The van der Waals surface area contributed by atoms with Gasteiger partial charge in [-0.05, 0) is 29.3 Å². The third-order valence-corrected chi connectivity index (χ3v) is 2.76. The summed E-state index contributed by atoms with van der Waals surface area (Å²) in [5.41, 5.74) is 1.59. The van der Waals surface area contributed by atoms with Crippen LogP contribution < -0.4 is 0 Å². The fourth-order valence-corrected chi connectivity index (χ4v) is 2.34. The van der Waals surface area contributed by atoms with E-state index in [0.717, 1.165) is 5.92 Å². The largest absolute Gasteiger partial charge is 0.149 e. The zero-order valence-corrected chi connectivity index (χ0v) is 5.66. The SMILES string of the molecule is CC1Cc2sccc21. The molecule has 0 N–H and O–H groups in total. The second-order valence-electron chi connectivity index (χ2n) is 2.40. The summed E-state index contributed by atoms with van der Waals surface area (Å²) in [6.45, 7) is 2.29. The third kappa shape index (κ3) is 0.402. The van der Waals surface area contributed by atoms with Gasteiger partial charge in [-0.25, -0.2) is 0 Å². The molecule has 8 heavy (non-hydrogen) atoms. The topological polar surface area (TPSA) is 0 Å². The molecule has 1 heteroatoms. The lowest BCUT2D eigenvalue weighted by Crippen LogP contribution is -2.08. The molecule has 0 saturated heterocycles. The van der Waals surface area contributed by atoms with Gasteiger partial charge >= 0.3 is 0 Å². The van der Waals surface area contributed by atoms with E-state index in [2.05, 4.69) is 18.4 Å². The van der Waals surface area contributed by atoms with E-state index in [1.807, 2.05) is 11.3 Å². The van der Waals surface area contributed by atoms with E-state index in [0.29, 0.717) is 0 Å². The predicted molar refractivity (Wildman–Crippen MR) is 36.4 cm³/mol. The van der Waals surface area contributed by atoms with E-state index in [1.54, 1.807) is 10.4 Å². The van der Waals surface area contributed by atoms with E-state index in [1.165, 1.54) is 6.42 Å². The van der Waals surface area contributed by atoms with E-state index < -0.39 is 0 Å². The summed E-state index contributed by atoms with van der Waals surface area (Å²) in [4.78, 5) is 1.61. The molecule has 0 fully saturated rings. The molecule has 0 amide bonds. The number of thiophene rings is 1. The second kappa shape index (κ2) is 1.35. The van der Waals surface area contributed by atoms with Crippen molar-refractivity contribution < 1.29 is 0 Å². The average molecular weight is 124 g/mol. The molecule has 1 aromatic heterocycles. The van der Waals surface area contributed by atoms with Gasteiger partial charge in [0.15, 0.2) is 0 Å². The van der Waals surface area contributed by atoms with Gasteiger partial charge in [-0.1, -0.05) is 6.92 Å². The van der Waals surface area contributed by atoms with Crippen molar-refractivity contribution in [3.05, 3.63) is 21.9 Å². The van der Waals surface area contributed by atoms with Crippen molar-refractivity contribution in [3.63, 3.8) is 0 Å². The number of hydrogen-bond donors (Lipinski definition) is 0. The van der Waals surface area contributed by atoms with Crippen molar-refractivity contribution >= 4 is 11.3 Å². The second-order valence-corrected chi connectivity index (χ2v) is 3.40. The minimum absolute atomic E-state index is 0.858. The van der Waals surface area contributed by atoms with Crippen LogP contribution >= 0.6 is 11.3 Å². The van der Waals surface area contributed by atoms with Gasteiger partial charge in [0.25, 0.3) is 0 Å². The van der Waals surface area contributed by atoms with Crippen LogP contribution in [0.4, 0.5) is 0 Å². The maximum absolute atomic E-state index is 2.29. The molecule has 0 radical (unpaired) electrons. The minimum atomic E-state index is 0.858. The summed E-state index contributed by atoms with van der Waals surface area (Å²) in [5.74, 6) is 0.858. The van der Waals surface area contributed by atoms with Crippen LogP contribution in [0.3, 0.4) is 0 Å². The Hall–Kier alpha value is -0.300. The summed E-state index contributed by atoms with van der Waals surface area (Å²) in [6.07, 6.45) is 1.33. The Balaban J connectivity index is 2.53. The fourth-order valence-electron chi connectivity index (χ4n) is 1.21. The maximum atomic E-state index is 2.29. The Bertz CT molecular complexity index is 200. The van der Waals surface area contributed by atoms with Gasteiger partial charge in [-0.15, -0.1) is 11.3 Å². The molecule has 2 rings (SSSR count). The van der Waals surface area contributed by atoms with E-state index in [4.69, 9.17) is 0 Å². The molecule has 1 aliphatic rings. The highest BCUT2D eigenvalue weighted by Crippen LogP contribution is 2.37. The Labute approximate surface area is 53.2 Å². The van der Waals surface area contributed by atoms with Crippen LogP contribution in [0.1, 0.15) is 23.3 Å². The van der Waals surface area contributed by atoms with Gasteiger partial charge in [0.2, 0.25) is 0 Å². The molecule has 0 aliphatic heterocycles. The summed E-state index contributed by atoms with van der Waals surface area (Å²) < 4.78 is 0. The number of rotatable bonds is 0. The molecule has 0 bridgehead atoms. The van der Waals surface area contributed by atoms with E-state index >= 15 is 0 Å². The molecule has 0 aromatic carbocycles. The fraction of sp³-hybridized carbons (Fsp3) is 0.429. The smallest absolute Gasteiger partial charge is 0.00860 e. The summed E-state index contributed by atoms with van der Waals surface area (Å²) in [7, 11) is 0. The highest BCUT2D eigenvalue weighted by atomic mass is 32.1. The molecule has 0 nitrogen and oxygen atoms in total. The van der Waals surface area contributed by atoms with Gasteiger partial charge in [-0.3, -0.25) is 0 Å². The normalized spacial score (nSPS) is 24.4. The van der Waals surface area contributed by atoms with Crippen LogP contribution in [0.25, 0.3) is 0 Å². The lowest BCUT2D eigenvalue weighted by molar-refractivity contribution is 0.686. The third-order valence-electron chi connectivity index (χ3n) is 1.80. The highest BCUT2D eigenvalue weighted by Gasteiger charge is 2.21. The maximum Gasteiger partial charge on any atom is 0.00860 e. The van der Waals surface area contributed by atoms with Crippen molar-refractivity contribution in [1.82, 2.24) is 0 Å². The molecule has 1 heterocycles. The first-order valence-electron chi connectivity index (χ1n) is 2.94. The van der Waals surface area contributed by atoms with Crippen molar-refractivity contribution in [2.75, 3.05) is 0 Å². The lowest BCUT2D eigenvalue weighted by atomic mass is 9.86. The van der Waals surface area contributed by atoms with Gasteiger partial charge in [-0.2, -0.15) is 0 Å². The van der Waals surface area contributed by atoms with Crippen LogP contribution in [0.15, 0.2) is 11.4 Å². The molecule has 0 spiro atoms. The summed E-state index contributed by atoms with van der Waals surface area (Å²) >= 11 is 1.89. The van der Waals surface area contributed by atoms with Crippen molar-refractivity contribution in [2.24, 2.45) is 0 Å². The zero-order chi connectivity index (χ0) is 5.56. The van der Waals surface area contributed by atoms with Crippen LogP contribution in [0, 0.1) is 0 Å². The average Bonchev–Trinajstić information content (AvgIpc) is 2.09. The van der Waals surface area contributed by atoms with Gasteiger partial charge < -0.3 is 0 Å².